The van der Waals surface area contributed by atoms with Gasteiger partial charge in [0.15, 0.2) is 0 Å². The summed E-state index contributed by atoms with van der Waals surface area (Å²) in [6.45, 7) is 1.78. The first-order valence-electron chi connectivity index (χ1n) is 11.4. The minimum Gasteiger partial charge on any atom is -0.447 e. The normalized spacial score (nSPS) is 19.5. The third-order valence-electron chi connectivity index (χ3n) is 6.54. The molecule has 7 nitrogen and oxygen atoms in total. The number of benzene rings is 2. The number of H-pyrrole nitrogens is 1. The molecule has 0 saturated carbocycles. The van der Waals surface area contributed by atoms with E-state index < -0.39 is 0 Å². The zero-order chi connectivity index (χ0) is 21.9. The van der Waals surface area contributed by atoms with Gasteiger partial charge < -0.3 is 14.6 Å². The summed E-state index contributed by atoms with van der Waals surface area (Å²) in [5.74, 6) is 0.992. The lowest BCUT2D eigenvalue weighted by Gasteiger charge is -2.38. The third kappa shape index (κ3) is 4.33. The maximum atomic E-state index is 12.8. The molecule has 2 aromatic carbocycles. The predicted octanol–water partition coefficient (Wildman–Crippen LogP) is 3.55. The average Bonchev–Trinajstić information content (AvgIpc) is 3.41. The first-order valence-corrected chi connectivity index (χ1v) is 11.4. The van der Waals surface area contributed by atoms with E-state index in [0.29, 0.717) is 32.5 Å². The lowest BCUT2D eigenvalue weighted by Crippen LogP contribution is -2.50. The molecule has 32 heavy (non-hydrogen) atoms. The number of piperidine rings is 1. The van der Waals surface area contributed by atoms with Crippen LogP contribution >= 0.6 is 0 Å². The van der Waals surface area contributed by atoms with Crippen molar-refractivity contribution in [2.24, 2.45) is 0 Å². The third-order valence-corrected chi connectivity index (χ3v) is 6.54. The SMILES string of the molecule is O=C(CCc1nc2ccccc2[nH]1)N1CCC(N2C(=O)OC[C@H]2Cc2ccccc2)CC1. The predicted molar refractivity (Wildman–Crippen MR) is 121 cm³/mol. The first kappa shape index (κ1) is 20.5. The molecule has 2 fully saturated rings. The number of cyclic esters (lactones) is 1. The van der Waals surface area contributed by atoms with E-state index in [-0.39, 0.29) is 24.1 Å². The zero-order valence-corrected chi connectivity index (χ0v) is 18.1. The molecule has 0 radical (unpaired) electrons. The van der Waals surface area contributed by atoms with E-state index in [1.807, 2.05) is 52.3 Å². The quantitative estimate of drug-likeness (QED) is 0.646. The van der Waals surface area contributed by atoms with Gasteiger partial charge in [-0.05, 0) is 37.0 Å². The number of nitrogens with one attached hydrogen (secondary N) is 1. The molecule has 1 N–H and O–H groups in total. The summed E-state index contributed by atoms with van der Waals surface area (Å²) in [4.78, 5) is 36.9. The van der Waals surface area contributed by atoms with Crippen LogP contribution in [0.5, 0.6) is 0 Å². The minimum atomic E-state index is -0.222. The van der Waals surface area contributed by atoms with Crippen LogP contribution in [-0.2, 0) is 22.4 Å². The van der Waals surface area contributed by atoms with E-state index in [2.05, 4.69) is 22.1 Å². The van der Waals surface area contributed by atoms with Crippen LogP contribution in [0.2, 0.25) is 0 Å². The van der Waals surface area contributed by atoms with Crippen LogP contribution in [0.1, 0.15) is 30.7 Å². The van der Waals surface area contributed by atoms with Crippen molar-refractivity contribution in [1.82, 2.24) is 19.8 Å². The van der Waals surface area contributed by atoms with Crippen molar-refractivity contribution >= 4 is 23.0 Å². The van der Waals surface area contributed by atoms with E-state index in [1.165, 1.54) is 5.56 Å². The number of ether oxygens (including phenoxy) is 1. The van der Waals surface area contributed by atoms with Gasteiger partial charge in [-0.3, -0.25) is 9.69 Å². The number of fused-ring (bicyclic) bond motifs is 1. The van der Waals surface area contributed by atoms with Gasteiger partial charge in [0, 0.05) is 32.0 Å². The number of rotatable bonds is 6. The van der Waals surface area contributed by atoms with Crippen molar-refractivity contribution in [2.75, 3.05) is 19.7 Å². The number of imidazole rings is 1. The molecule has 0 unspecified atom stereocenters. The maximum absolute atomic E-state index is 12.8. The molecule has 166 valence electrons. The van der Waals surface area contributed by atoms with Crippen molar-refractivity contribution in [2.45, 2.75) is 44.2 Å². The van der Waals surface area contributed by atoms with E-state index in [0.717, 1.165) is 36.1 Å². The molecule has 0 bridgehead atoms. The zero-order valence-electron chi connectivity index (χ0n) is 18.1. The largest absolute Gasteiger partial charge is 0.447 e. The van der Waals surface area contributed by atoms with Crippen LogP contribution in [0.3, 0.4) is 0 Å². The summed E-state index contributed by atoms with van der Waals surface area (Å²) in [5, 5.41) is 0. The molecule has 1 aromatic heterocycles. The Morgan fingerprint density at radius 3 is 2.59 bits per heavy atom. The fourth-order valence-corrected chi connectivity index (χ4v) is 4.86. The highest BCUT2D eigenvalue weighted by atomic mass is 16.6. The molecule has 7 heteroatoms. The molecular weight excluding hydrogens is 404 g/mol. The van der Waals surface area contributed by atoms with Crippen LogP contribution < -0.4 is 0 Å². The number of likely N-dealkylation sites (tertiary alicyclic amines) is 1. The number of aromatic nitrogens is 2. The molecule has 2 aliphatic rings. The van der Waals surface area contributed by atoms with Crippen LogP contribution in [0.15, 0.2) is 54.6 Å². The number of hydrogen-bond donors (Lipinski definition) is 1. The number of carbonyl (C=O) groups excluding carboxylic acids is 2. The van der Waals surface area contributed by atoms with Gasteiger partial charge in [0.05, 0.1) is 17.1 Å². The molecule has 3 heterocycles. The van der Waals surface area contributed by atoms with Gasteiger partial charge in [0.1, 0.15) is 12.4 Å². The smallest absolute Gasteiger partial charge is 0.410 e. The lowest BCUT2D eigenvalue weighted by atomic mass is 9.99. The second-order valence-corrected chi connectivity index (χ2v) is 8.64. The van der Waals surface area contributed by atoms with Crippen LogP contribution in [0, 0.1) is 0 Å². The van der Waals surface area contributed by atoms with Crippen molar-refractivity contribution in [1.29, 1.82) is 0 Å². The number of aryl methyl sites for hydroxylation is 1. The van der Waals surface area contributed by atoms with E-state index in [4.69, 9.17) is 4.74 Å². The Hall–Kier alpha value is -3.35. The molecule has 0 aliphatic carbocycles. The Labute approximate surface area is 187 Å². The van der Waals surface area contributed by atoms with E-state index in [9.17, 15) is 9.59 Å². The summed E-state index contributed by atoms with van der Waals surface area (Å²) in [6, 6.07) is 18.3. The summed E-state index contributed by atoms with van der Waals surface area (Å²) in [7, 11) is 0. The summed E-state index contributed by atoms with van der Waals surface area (Å²) >= 11 is 0. The van der Waals surface area contributed by atoms with Crippen LogP contribution in [0.4, 0.5) is 4.79 Å². The Morgan fingerprint density at radius 1 is 1.06 bits per heavy atom. The van der Waals surface area contributed by atoms with Gasteiger partial charge in [-0.2, -0.15) is 0 Å². The van der Waals surface area contributed by atoms with Gasteiger partial charge in [-0.1, -0.05) is 42.5 Å². The fraction of sp³-hybridized carbons (Fsp3) is 0.400. The fourth-order valence-electron chi connectivity index (χ4n) is 4.86. The van der Waals surface area contributed by atoms with Gasteiger partial charge in [-0.15, -0.1) is 0 Å². The topological polar surface area (TPSA) is 78.5 Å². The monoisotopic (exact) mass is 432 g/mol. The first-order chi connectivity index (χ1) is 15.7. The number of carbonyl (C=O) groups is 2. The Balaban J connectivity index is 1.14. The molecule has 1 atom stereocenters. The van der Waals surface area contributed by atoms with Crippen molar-refractivity contribution < 1.29 is 14.3 Å². The minimum absolute atomic E-state index is 0.0604. The molecule has 2 amide bonds. The second kappa shape index (κ2) is 9.02. The molecule has 5 rings (SSSR count). The Bertz CT molecular complexity index is 1060. The molecular formula is C25H28N4O3. The van der Waals surface area contributed by atoms with Crippen LogP contribution in [-0.4, -0.2) is 63.5 Å². The molecule has 2 saturated heterocycles. The van der Waals surface area contributed by atoms with E-state index in [1.54, 1.807) is 0 Å². The molecule has 2 aliphatic heterocycles. The number of para-hydroxylation sites is 2. The summed E-state index contributed by atoms with van der Waals surface area (Å²) in [5.41, 5.74) is 3.13. The molecule has 3 aromatic rings. The highest BCUT2D eigenvalue weighted by Crippen LogP contribution is 2.26. The maximum Gasteiger partial charge on any atom is 0.410 e. The van der Waals surface area contributed by atoms with Gasteiger partial charge in [0.25, 0.3) is 0 Å². The number of nitrogens with zero attached hydrogens (tertiary/aromatic N) is 3. The van der Waals surface area contributed by atoms with Gasteiger partial charge in [-0.25, -0.2) is 9.78 Å². The summed E-state index contributed by atoms with van der Waals surface area (Å²) in [6.07, 6.45) is 3.19. The van der Waals surface area contributed by atoms with Crippen molar-refractivity contribution in [3.05, 3.63) is 66.0 Å². The highest BCUT2D eigenvalue weighted by molar-refractivity contribution is 5.77. The number of amides is 2. The standard InChI is InChI=1S/C25H28N4O3/c30-24(11-10-23-26-21-8-4-5-9-22(21)27-23)28-14-12-19(13-15-28)29-20(17-32-25(29)31)16-18-6-2-1-3-7-18/h1-9,19-20H,10-17H2,(H,26,27)/t20-/m1/s1. The van der Waals surface area contributed by atoms with Crippen molar-refractivity contribution in [3.8, 4) is 0 Å². The number of aromatic amines is 1. The van der Waals surface area contributed by atoms with Crippen molar-refractivity contribution in [3.63, 3.8) is 0 Å². The van der Waals surface area contributed by atoms with Crippen LogP contribution in [0.25, 0.3) is 11.0 Å². The van der Waals surface area contributed by atoms with Gasteiger partial charge >= 0.3 is 6.09 Å². The average molecular weight is 433 g/mol. The Morgan fingerprint density at radius 2 is 1.81 bits per heavy atom. The lowest BCUT2D eigenvalue weighted by molar-refractivity contribution is -0.132. The summed E-state index contributed by atoms with van der Waals surface area (Å²) < 4.78 is 5.39. The van der Waals surface area contributed by atoms with E-state index >= 15 is 0 Å². The highest BCUT2D eigenvalue weighted by Gasteiger charge is 2.39. The van der Waals surface area contributed by atoms with Gasteiger partial charge in [0.2, 0.25) is 5.91 Å². The second-order valence-electron chi connectivity index (χ2n) is 8.64. The molecule has 0 spiro atoms. The Kier molecular flexibility index (Phi) is 5.79. The number of hydrogen-bond acceptors (Lipinski definition) is 4.